The van der Waals surface area contributed by atoms with Crippen LogP contribution in [0.5, 0.6) is 5.75 Å². The summed E-state index contributed by atoms with van der Waals surface area (Å²) in [6.07, 6.45) is 1.99. The van der Waals surface area contributed by atoms with Crippen LogP contribution in [0.15, 0.2) is 40.9 Å². The van der Waals surface area contributed by atoms with E-state index in [0.717, 1.165) is 36.3 Å². The van der Waals surface area contributed by atoms with Crippen LogP contribution in [-0.2, 0) is 9.53 Å². The first-order valence-electron chi connectivity index (χ1n) is 8.57. The van der Waals surface area contributed by atoms with Gasteiger partial charge >= 0.3 is 0 Å². The van der Waals surface area contributed by atoms with Crippen molar-refractivity contribution < 1.29 is 18.7 Å². The van der Waals surface area contributed by atoms with Gasteiger partial charge in [0.1, 0.15) is 11.9 Å². The number of nitrogens with one attached hydrogen (secondary N) is 2. The zero-order chi connectivity index (χ0) is 18.8. The number of nitrogens with zero attached hydrogens (tertiary/aromatic N) is 1. The molecule has 1 saturated heterocycles. The Labute approximate surface area is 163 Å². The van der Waals surface area contributed by atoms with E-state index in [1.807, 2.05) is 6.07 Å². The number of aromatic amines is 1. The molecule has 6 nitrogen and oxygen atoms in total. The Balaban J connectivity index is 1.40. The minimum Gasteiger partial charge on any atom is -0.481 e. The number of hydrogen-bond donors (Lipinski definition) is 2. The summed E-state index contributed by atoms with van der Waals surface area (Å²) in [6, 6.07) is 9.80. The summed E-state index contributed by atoms with van der Waals surface area (Å²) < 4.78 is 25.2. The monoisotopic (exact) mass is 433 g/mol. The van der Waals surface area contributed by atoms with Gasteiger partial charge in [0, 0.05) is 16.8 Å². The molecular weight excluding hydrogens is 417 g/mol. The molecule has 1 aromatic heterocycles. The first-order valence-corrected chi connectivity index (χ1v) is 9.37. The fourth-order valence-corrected chi connectivity index (χ4v) is 3.32. The number of hydrogen-bond acceptors (Lipinski definition) is 4. The summed E-state index contributed by atoms with van der Waals surface area (Å²) in [7, 11) is 0. The van der Waals surface area contributed by atoms with Gasteiger partial charge in [-0.2, -0.15) is 0 Å². The summed E-state index contributed by atoms with van der Waals surface area (Å²) in [5.41, 5.74) is 2.24. The van der Waals surface area contributed by atoms with Crippen LogP contribution in [0.3, 0.4) is 0 Å². The molecule has 1 atom stereocenters. The van der Waals surface area contributed by atoms with Crippen LogP contribution in [0.2, 0.25) is 0 Å². The highest BCUT2D eigenvalue weighted by molar-refractivity contribution is 9.10. The fraction of sp³-hybridized carbons (Fsp3) is 0.263. The summed E-state index contributed by atoms with van der Waals surface area (Å²) >= 11 is 3.17. The number of carbonyl (C=O) groups excluding carboxylic acids is 1. The molecule has 0 unspecified atom stereocenters. The second-order valence-corrected chi connectivity index (χ2v) is 7.18. The Morgan fingerprint density at radius 3 is 3.04 bits per heavy atom. The highest BCUT2D eigenvalue weighted by atomic mass is 79.9. The highest BCUT2D eigenvalue weighted by Crippen LogP contribution is 2.28. The second kappa shape index (κ2) is 7.66. The van der Waals surface area contributed by atoms with E-state index >= 15 is 0 Å². The predicted molar refractivity (Wildman–Crippen MR) is 102 cm³/mol. The first-order chi connectivity index (χ1) is 13.1. The molecule has 1 aliphatic rings. The van der Waals surface area contributed by atoms with Gasteiger partial charge in [-0.05, 0) is 49.2 Å². The molecule has 0 spiro atoms. The van der Waals surface area contributed by atoms with Crippen molar-refractivity contribution in [2.75, 3.05) is 18.5 Å². The van der Waals surface area contributed by atoms with E-state index in [1.165, 1.54) is 12.1 Å². The maximum atomic E-state index is 13.7. The minimum absolute atomic E-state index is 0.00430. The molecule has 2 heterocycles. The van der Waals surface area contributed by atoms with Gasteiger partial charge in [0.25, 0.3) is 5.91 Å². The van der Waals surface area contributed by atoms with Crippen LogP contribution in [-0.4, -0.2) is 29.1 Å². The van der Waals surface area contributed by atoms with Crippen molar-refractivity contribution >= 4 is 38.6 Å². The molecular formula is C19H17BrFN3O3. The average molecular weight is 434 g/mol. The molecule has 1 aliphatic heterocycles. The minimum atomic E-state index is -0.530. The molecule has 3 aromatic rings. The number of aromatic nitrogens is 2. The molecule has 0 aliphatic carbocycles. The van der Waals surface area contributed by atoms with E-state index in [4.69, 9.17) is 9.47 Å². The van der Waals surface area contributed by atoms with Crippen LogP contribution >= 0.6 is 15.9 Å². The van der Waals surface area contributed by atoms with Crippen molar-refractivity contribution in [1.82, 2.24) is 9.97 Å². The van der Waals surface area contributed by atoms with Crippen LogP contribution in [0.1, 0.15) is 24.8 Å². The molecule has 1 fully saturated rings. The number of amides is 1. The molecule has 2 aromatic carbocycles. The lowest BCUT2D eigenvalue weighted by Gasteiger charge is -2.08. The van der Waals surface area contributed by atoms with E-state index < -0.39 is 5.82 Å². The topological polar surface area (TPSA) is 76.2 Å². The summed E-state index contributed by atoms with van der Waals surface area (Å²) in [6.45, 7) is 0.461. The molecule has 2 N–H and O–H groups in total. The summed E-state index contributed by atoms with van der Waals surface area (Å²) in [4.78, 5) is 19.9. The van der Waals surface area contributed by atoms with Crippen molar-refractivity contribution in [3.63, 3.8) is 0 Å². The second-order valence-electron chi connectivity index (χ2n) is 6.27. The Bertz CT molecular complexity index is 985. The number of H-pyrrole nitrogens is 1. The molecule has 27 heavy (non-hydrogen) atoms. The molecule has 8 heteroatoms. The van der Waals surface area contributed by atoms with Gasteiger partial charge in [0.15, 0.2) is 18.2 Å². The lowest BCUT2D eigenvalue weighted by atomic mass is 10.2. The van der Waals surface area contributed by atoms with E-state index in [1.54, 1.807) is 18.2 Å². The normalized spacial score (nSPS) is 16.6. The largest absolute Gasteiger partial charge is 0.481 e. The van der Waals surface area contributed by atoms with E-state index in [9.17, 15) is 9.18 Å². The van der Waals surface area contributed by atoms with Crippen molar-refractivity contribution in [2.24, 2.45) is 0 Å². The smallest absolute Gasteiger partial charge is 0.262 e. The lowest BCUT2D eigenvalue weighted by Crippen LogP contribution is -2.20. The predicted octanol–water partition coefficient (Wildman–Crippen LogP) is 4.33. The van der Waals surface area contributed by atoms with E-state index in [-0.39, 0.29) is 24.4 Å². The van der Waals surface area contributed by atoms with Gasteiger partial charge in [-0.1, -0.05) is 15.9 Å². The SMILES string of the molecule is O=C(COc1ccc(Br)cc1F)Nc1ccc2nc([C@@H]3CCCO3)[nH]c2c1. The van der Waals surface area contributed by atoms with Crippen molar-refractivity contribution in [3.05, 3.63) is 52.5 Å². The fourth-order valence-electron chi connectivity index (χ4n) is 2.99. The number of halogens is 2. The Morgan fingerprint density at radius 2 is 2.26 bits per heavy atom. The van der Waals surface area contributed by atoms with Crippen LogP contribution in [0.4, 0.5) is 10.1 Å². The zero-order valence-electron chi connectivity index (χ0n) is 14.3. The standard InChI is InChI=1S/C19H17BrFN3O3/c20-11-3-6-16(13(21)8-11)27-10-18(25)22-12-4-5-14-15(9-12)24-19(23-14)17-2-1-7-26-17/h3-6,8-9,17H,1-2,7,10H2,(H,22,25)(H,23,24)/t17-/m0/s1. The number of anilines is 1. The maximum Gasteiger partial charge on any atom is 0.262 e. The number of benzene rings is 2. The van der Waals surface area contributed by atoms with Gasteiger partial charge in [-0.3, -0.25) is 4.79 Å². The Kier molecular flexibility index (Phi) is 5.09. The van der Waals surface area contributed by atoms with Crippen LogP contribution in [0.25, 0.3) is 11.0 Å². The zero-order valence-corrected chi connectivity index (χ0v) is 15.9. The number of fused-ring (bicyclic) bond motifs is 1. The van der Waals surface area contributed by atoms with Crippen molar-refractivity contribution in [3.8, 4) is 5.75 Å². The molecule has 1 amide bonds. The van der Waals surface area contributed by atoms with Gasteiger partial charge in [-0.25, -0.2) is 9.37 Å². The number of ether oxygens (including phenoxy) is 2. The number of imidazole rings is 1. The first kappa shape index (κ1) is 17.9. The van der Waals surface area contributed by atoms with E-state index in [0.29, 0.717) is 10.2 Å². The summed E-state index contributed by atoms with van der Waals surface area (Å²) in [5.74, 6) is -0.0770. The maximum absolute atomic E-state index is 13.7. The molecule has 0 bridgehead atoms. The van der Waals surface area contributed by atoms with Crippen molar-refractivity contribution in [1.29, 1.82) is 0 Å². The van der Waals surface area contributed by atoms with Gasteiger partial charge in [0.05, 0.1) is 11.0 Å². The average Bonchev–Trinajstić information content (AvgIpc) is 3.30. The van der Waals surface area contributed by atoms with Crippen molar-refractivity contribution in [2.45, 2.75) is 18.9 Å². The van der Waals surface area contributed by atoms with Crippen LogP contribution < -0.4 is 10.1 Å². The molecule has 4 rings (SSSR count). The number of rotatable bonds is 5. The lowest BCUT2D eigenvalue weighted by molar-refractivity contribution is -0.118. The molecule has 0 saturated carbocycles. The van der Waals surface area contributed by atoms with Gasteiger partial charge < -0.3 is 19.8 Å². The number of carbonyl (C=O) groups is 1. The van der Waals surface area contributed by atoms with Gasteiger partial charge in [-0.15, -0.1) is 0 Å². The van der Waals surface area contributed by atoms with E-state index in [2.05, 4.69) is 31.2 Å². The third-order valence-electron chi connectivity index (χ3n) is 4.27. The Hall–Kier alpha value is -2.45. The molecule has 0 radical (unpaired) electrons. The van der Waals surface area contributed by atoms with Crippen LogP contribution in [0, 0.1) is 5.82 Å². The van der Waals surface area contributed by atoms with Gasteiger partial charge in [0.2, 0.25) is 0 Å². The summed E-state index contributed by atoms with van der Waals surface area (Å²) in [5, 5.41) is 2.74. The quantitative estimate of drug-likeness (QED) is 0.627. The molecule has 140 valence electrons. The third kappa shape index (κ3) is 4.12. The third-order valence-corrected chi connectivity index (χ3v) is 4.76. The highest BCUT2D eigenvalue weighted by Gasteiger charge is 2.21. The Morgan fingerprint density at radius 1 is 1.37 bits per heavy atom.